The molecule has 0 spiro atoms. The third-order valence-corrected chi connectivity index (χ3v) is 2.43. The highest BCUT2D eigenvalue weighted by molar-refractivity contribution is 5.74. The molecule has 6 atom stereocenters. The topological polar surface area (TPSA) is 137 Å². The number of hydrogen-bond donors (Lipinski definition) is 5. The Bertz CT molecular complexity index is 268. The smallest absolute Gasteiger partial charge is 0.335 e. The van der Waals surface area contributed by atoms with Crippen LogP contribution >= 0.6 is 0 Å². The van der Waals surface area contributed by atoms with Gasteiger partial charge in [-0.2, -0.15) is 0 Å². The van der Waals surface area contributed by atoms with E-state index >= 15 is 0 Å². The van der Waals surface area contributed by atoms with Crippen molar-refractivity contribution >= 4 is 5.97 Å². The first-order valence-electron chi connectivity index (χ1n) is 5.07. The highest BCUT2D eigenvalue weighted by atomic mass is 16.7. The van der Waals surface area contributed by atoms with E-state index in [-0.39, 0.29) is 0 Å². The van der Waals surface area contributed by atoms with Crippen molar-refractivity contribution in [2.75, 3.05) is 6.61 Å². The molecule has 5 N–H and O–H groups in total. The summed E-state index contributed by atoms with van der Waals surface area (Å²) in [5, 5.41) is 46.2. The molecule has 8 heteroatoms. The van der Waals surface area contributed by atoms with E-state index in [2.05, 4.69) is 9.47 Å². The number of aliphatic hydroxyl groups is 5. The molecule has 1 saturated heterocycles. The molecule has 0 unspecified atom stereocenters. The number of hydrogen-bond acceptors (Lipinski definition) is 8. The molecule has 0 bridgehead atoms. The minimum absolute atomic E-state index is 0.617. The summed E-state index contributed by atoms with van der Waals surface area (Å²) >= 11 is 0. The van der Waals surface area contributed by atoms with E-state index in [4.69, 9.17) is 10.2 Å². The van der Waals surface area contributed by atoms with Crippen LogP contribution in [-0.4, -0.2) is 74.9 Å². The molecule has 0 radical (unpaired) electrons. The molecular weight excluding hydrogens is 236 g/mol. The molecule has 1 aliphatic rings. The maximum atomic E-state index is 11.1. The van der Waals surface area contributed by atoms with Crippen LogP contribution in [0.5, 0.6) is 0 Å². The van der Waals surface area contributed by atoms with Crippen molar-refractivity contribution in [1.29, 1.82) is 0 Å². The Morgan fingerprint density at radius 1 is 1.35 bits per heavy atom. The SMILES string of the molecule is C[C@H](O)C(=O)O[C@@H]1[C@H](O)[C@@H](O)O[C@H](CO)[C@H]1O. The Morgan fingerprint density at radius 2 is 1.94 bits per heavy atom. The van der Waals surface area contributed by atoms with Crippen molar-refractivity contribution in [2.45, 2.75) is 43.7 Å². The summed E-state index contributed by atoms with van der Waals surface area (Å²) in [5.74, 6) is -1.06. The zero-order valence-corrected chi connectivity index (χ0v) is 9.13. The van der Waals surface area contributed by atoms with Gasteiger partial charge >= 0.3 is 5.97 Å². The minimum Gasteiger partial charge on any atom is -0.455 e. The van der Waals surface area contributed by atoms with Gasteiger partial charge in [0.1, 0.15) is 24.4 Å². The standard InChI is InChI=1S/C9H16O8/c1-3(11)8(14)17-7-5(12)4(2-10)16-9(15)6(7)13/h3-7,9-13,15H,2H2,1H3/t3-,4+,5+,6-,7-,9-/m0/s1. The van der Waals surface area contributed by atoms with Crippen molar-refractivity contribution < 1.29 is 39.8 Å². The van der Waals surface area contributed by atoms with E-state index in [1.165, 1.54) is 0 Å². The van der Waals surface area contributed by atoms with Gasteiger partial charge in [0, 0.05) is 0 Å². The average molecular weight is 252 g/mol. The van der Waals surface area contributed by atoms with Crippen LogP contribution in [0.2, 0.25) is 0 Å². The molecule has 0 aliphatic carbocycles. The van der Waals surface area contributed by atoms with Crippen LogP contribution in [0.25, 0.3) is 0 Å². The third kappa shape index (κ3) is 3.12. The molecule has 1 fully saturated rings. The molecule has 1 heterocycles. The van der Waals surface area contributed by atoms with Crippen molar-refractivity contribution in [1.82, 2.24) is 0 Å². The van der Waals surface area contributed by atoms with Crippen molar-refractivity contribution in [3.63, 3.8) is 0 Å². The van der Waals surface area contributed by atoms with Crippen molar-refractivity contribution in [2.24, 2.45) is 0 Å². The molecule has 0 saturated carbocycles. The molecule has 17 heavy (non-hydrogen) atoms. The number of ether oxygens (including phenoxy) is 2. The quantitative estimate of drug-likeness (QED) is 0.330. The fraction of sp³-hybridized carbons (Fsp3) is 0.889. The van der Waals surface area contributed by atoms with Gasteiger partial charge in [-0.3, -0.25) is 0 Å². The third-order valence-electron chi connectivity index (χ3n) is 2.43. The lowest BCUT2D eigenvalue weighted by atomic mass is 9.99. The monoisotopic (exact) mass is 252 g/mol. The van der Waals surface area contributed by atoms with E-state index in [9.17, 15) is 20.1 Å². The highest BCUT2D eigenvalue weighted by Crippen LogP contribution is 2.22. The summed E-state index contributed by atoms with van der Waals surface area (Å²) in [5.41, 5.74) is 0. The van der Waals surface area contributed by atoms with E-state index in [1.54, 1.807) is 0 Å². The second-order valence-electron chi connectivity index (χ2n) is 3.81. The lowest BCUT2D eigenvalue weighted by Gasteiger charge is -2.39. The van der Waals surface area contributed by atoms with Crippen molar-refractivity contribution in [3.8, 4) is 0 Å². The Kier molecular flexibility index (Phi) is 4.80. The van der Waals surface area contributed by atoms with Gasteiger partial charge in [-0.1, -0.05) is 0 Å². The lowest BCUT2D eigenvalue weighted by Crippen LogP contribution is -2.60. The van der Waals surface area contributed by atoms with Gasteiger partial charge in [-0.05, 0) is 6.92 Å². The molecule has 0 aromatic rings. The molecule has 100 valence electrons. The average Bonchev–Trinajstić information content (AvgIpc) is 2.28. The van der Waals surface area contributed by atoms with E-state index in [1.807, 2.05) is 0 Å². The molecule has 0 amide bonds. The van der Waals surface area contributed by atoms with E-state index in [0.717, 1.165) is 6.92 Å². The lowest BCUT2D eigenvalue weighted by molar-refractivity contribution is -0.290. The van der Waals surface area contributed by atoms with Crippen LogP contribution in [-0.2, 0) is 14.3 Å². The van der Waals surface area contributed by atoms with Crippen molar-refractivity contribution in [3.05, 3.63) is 0 Å². The zero-order chi connectivity index (χ0) is 13.2. The van der Waals surface area contributed by atoms with Crippen LogP contribution in [0.15, 0.2) is 0 Å². The van der Waals surface area contributed by atoms with Crippen LogP contribution in [0.3, 0.4) is 0 Å². The Morgan fingerprint density at radius 3 is 2.41 bits per heavy atom. The maximum Gasteiger partial charge on any atom is 0.335 e. The summed E-state index contributed by atoms with van der Waals surface area (Å²) in [6.07, 6.45) is -8.93. The van der Waals surface area contributed by atoms with Gasteiger partial charge in [0.15, 0.2) is 12.4 Å². The van der Waals surface area contributed by atoms with Gasteiger partial charge < -0.3 is 35.0 Å². The first kappa shape index (κ1) is 14.3. The zero-order valence-electron chi connectivity index (χ0n) is 9.13. The fourth-order valence-electron chi connectivity index (χ4n) is 1.44. The number of aliphatic hydroxyl groups excluding tert-OH is 5. The highest BCUT2D eigenvalue weighted by Gasteiger charge is 2.46. The van der Waals surface area contributed by atoms with Gasteiger partial charge in [0.25, 0.3) is 0 Å². The molecule has 1 aliphatic heterocycles. The summed E-state index contributed by atoms with van der Waals surface area (Å²) in [6, 6.07) is 0. The summed E-state index contributed by atoms with van der Waals surface area (Å²) in [4.78, 5) is 11.1. The number of carbonyl (C=O) groups is 1. The molecular formula is C9H16O8. The number of rotatable bonds is 3. The van der Waals surface area contributed by atoms with Crippen LogP contribution in [0, 0.1) is 0 Å². The van der Waals surface area contributed by atoms with Crippen LogP contribution in [0.1, 0.15) is 6.92 Å². The largest absolute Gasteiger partial charge is 0.455 e. The predicted octanol–water partition coefficient (Wildman–Crippen LogP) is -3.29. The summed E-state index contributed by atoms with van der Waals surface area (Å²) < 4.78 is 9.32. The van der Waals surface area contributed by atoms with Gasteiger partial charge in [-0.15, -0.1) is 0 Å². The van der Waals surface area contributed by atoms with Gasteiger partial charge in [0.05, 0.1) is 6.61 Å². The Labute approximate surface area is 97.0 Å². The number of carbonyl (C=O) groups excluding carboxylic acids is 1. The summed E-state index contributed by atoms with van der Waals surface area (Å²) in [7, 11) is 0. The van der Waals surface area contributed by atoms with Crippen LogP contribution < -0.4 is 0 Å². The number of esters is 1. The Balaban J connectivity index is 2.75. The van der Waals surface area contributed by atoms with E-state index < -0.39 is 49.4 Å². The Hall–Kier alpha value is -0.770. The predicted molar refractivity (Wildman–Crippen MR) is 51.5 cm³/mol. The fourth-order valence-corrected chi connectivity index (χ4v) is 1.44. The first-order valence-corrected chi connectivity index (χ1v) is 5.07. The maximum absolute atomic E-state index is 11.1. The minimum atomic E-state index is -1.69. The first-order chi connectivity index (χ1) is 7.88. The molecule has 0 aromatic carbocycles. The normalized spacial score (nSPS) is 39.8. The summed E-state index contributed by atoms with van der Waals surface area (Å²) in [6.45, 7) is 0.536. The van der Waals surface area contributed by atoms with Gasteiger partial charge in [0.2, 0.25) is 0 Å². The second-order valence-corrected chi connectivity index (χ2v) is 3.81. The second kappa shape index (κ2) is 5.71. The van der Waals surface area contributed by atoms with Crippen LogP contribution in [0.4, 0.5) is 0 Å². The molecule has 0 aromatic heterocycles. The van der Waals surface area contributed by atoms with E-state index in [0.29, 0.717) is 0 Å². The van der Waals surface area contributed by atoms with Gasteiger partial charge in [-0.25, -0.2) is 4.79 Å². The molecule has 8 nitrogen and oxygen atoms in total. The molecule has 1 rings (SSSR count).